The Morgan fingerprint density at radius 3 is 1.92 bits per heavy atom. The molecule has 0 radical (unpaired) electrons. The van der Waals surface area contributed by atoms with Crippen molar-refractivity contribution in [1.82, 2.24) is 0 Å². The Labute approximate surface area is 86.8 Å². The van der Waals surface area contributed by atoms with Crippen molar-refractivity contribution in [2.75, 3.05) is 0 Å². The second-order valence-electron chi connectivity index (χ2n) is 4.68. The van der Waals surface area contributed by atoms with Crippen LogP contribution in [0.1, 0.15) is 39.2 Å². The molecule has 0 heterocycles. The molecule has 0 amide bonds. The van der Waals surface area contributed by atoms with E-state index < -0.39 is 0 Å². The number of rotatable bonds is 1. The molecule has 0 fully saturated rings. The van der Waals surface area contributed by atoms with E-state index in [2.05, 4.69) is 64.6 Å². The maximum Gasteiger partial charge on any atom is 0.00401 e. The maximum absolute atomic E-state index is 4.27. The van der Waals surface area contributed by atoms with Gasteiger partial charge >= 0.3 is 0 Å². The van der Waals surface area contributed by atoms with Crippen LogP contribution < -0.4 is 0 Å². The number of thiol groups is 1. The fourth-order valence-corrected chi connectivity index (χ4v) is 1.41. The van der Waals surface area contributed by atoms with E-state index in [9.17, 15) is 0 Å². The molecule has 0 aromatic heterocycles. The van der Waals surface area contributed by atoms with Crippen molar-refractivity contribution in [3.05, 3.63) is 29.8 Å². The van der Waals surface area contributed by atoms with E-state index >= 15 is 0 Å². The van der Waals surface area contributed by atoms with Crippen molar-refractivity contribution in [2.45, 2.75) is 38.5 Å². The molecule has 13 heavy (non-hydrogen) atoms. The first-order valence-electron chi connectivity index (χ1n) is 4.70. The van der Waals surface area contributed by atoms with E-state index in [1.165, 1.54) is 5.56 Å². The summed E-state index contributed by atoms with van der Waals surface area (Å²) in [6.45, 7) is 9.08. The summed E-state index contributed by atoms with van der Waals surface area (Å²) in [5.41, 5.74) is 1.73. The van der Waals surface area contributed by atoms with Crippen LogP contribution >= 0.6 is 12.6 Å². The van der Waals surface area contributed by atoms with E-state index in [-0.39, 0.29) is 0 Å². The lowest BCUT2D eigenvalue weighted by molar-refractivity contribution is 0.339. The molecular formula is C12H18S. The molecule has 0 aliphatic carbocycles. The van der Waals surface area contributed by atoms with Gasteiger partial charge in [0.15, 0.2) is 0 Å². The van der Waals surface area contributed by atoms with Gasteiger partial charge in [-0.05, 0) is 29.0 Å². The molecular weight excluding hydrogens is 176 g/mol. The summed E-state index contributed by atoms with van der Waals surface area (Å²) < 4.78 is 0. The molecule has 0 aliphatic rings. The van der Waals surface area contributed by atoms with Crippen LogP contribution in [0, 0.1) is 5.41 Å². The van der Waals surface area contributed by atoms with E-state index in [4.69, 9.17) is 0 Å². The Morgan fingerprint density at radius 1 is 1.08 bits per heavy atom. The maximum atomic E-state index is 4.27. The Morgan fingerprint density at radius 2 is 1.54 bits per heavy atom. The van der Waals surface area contributed by atoms with Crippen LogP contribution in [0.15, 0.2) is 29.2 Å². The zero-order valence-corrected chi connectivity index (χ0v) is 9.73. The van der Waals surface area contributed by atoms with Crippen LogP contribution in [0.4, 0.5) is 0 Å². The third-order valence-electron chi connectivity index (χ3n) is 2.69. The van der Waals surface area contributed by atoms with Crippen molar-refractivity contribution in [1.29, 1.82) is 0 Å². The monoisotopic (exact) mass is 194 g/mol. The quantitative estimate of drug-likeness (QED) is 0.639. The molecule has 0 aliphatic heterocycles. The standard InChI is InChI=1S/C12H18S/c1-9(12(2,3)4)10-5-7-11(13)8-6-10/h5-9,13H,1-4H3. The topological polar surface area (TPSA) is 0 Å². The molecule has 0 spiro atoms. The first-order chi connectivity index (χ1) is 5.91. The molecule has 72 valence electrons. The Bertz CT molecular complexity index is 266. The molecule has 0 saturated heterocycles. The van der Waals surface area contributed by atoms with Crippen LogP contribution in [-0.2, 0) is 0 Å². The van der Waals surface area contributed by atoms with Crippen molar-refractivity contribution in [3.8, 4) is 0 Å². The second-order valence-corrected chi connectivity index (χ2v) is 5.20. The van der Waals surface area contributed by atoms with Gasteiger partial charge < -0.3 is 0 Å². The Kier molecular flexibility index (Phi) is 3.07. The van der Waals surface area contributed by atoms with E-state index in [0.29, 0.717) is 11.3 Å². The molecule has 0 bridgehead atoms. The summed E-state index contributed by atoms with van der Waals surface area (Å²) >= 11 is 4.27. The first kappa shape index (κ1) is 10.6. The SMILES string of the molecule is CC(c1ccc(S)cc1)C(C)(C)C. The smallest absolute Gasteiger partial charge is 0.00401 e. The van der Waals surface area contributed by atoms with Gasteiger partial charge in [-0.3, -0.25) is 0 Å². The largest absolute Gasteiger partial charge is 0.143 e. The highest BCUT2D eigenvalue weighted by molar-refractivity contribution is 7.80. The fourth-order valence-electron chi connectivity index (χ4n) is 1.26. The number of hydrogen-bond acceptors (Lipinski definition) is 1. The van der Waals surface area contributed by atoms with Gasteiger partial charge in [-0.25, -0.2) is 0 Å². The number of benzene rings is 1. The van der Waals surface area contributed by atoms with Gasteiger partial charge in [0.1, 0.15) is 0 Å². The van der Waals surface area contributed by atoms with Gasteiger partial charge in [0.25, 0.3) is 0 Å². The van der Waals surface area contributed by atoms with Crippen LogP contribution in [-0.4, -0.2) is 0 Å². The lowest BCUT2D eigenvalue weighted by atomic mass is 9.78. The van der Waals surface area contributed by atoms with Gasteiger partial charge in [-0.2, -0.15) is 0 Å². The molecule has 1 unspecified atom stereocenters. The van der Waals surface area contributed by atoms with Crippen molar-refractivity contribution < 1.29 is 0 Å². The summed E-state index contributed by atoms with van der Waals surface area (Å²) in [5.74, 6) is 0.585. The third-order valence-corrected chi connectivity index (χ3v) is 2.99. The average molecular weight is 194 g/mol. The minimum atomic E-state index is 0.331. The van der Waals surface area contributed by atoms with Gasteiger partial charge in [0, 0.05) is 4.90 Å². The van der Waals surface area contributed by atoms with Crippen LogP contribution in [0.25, 0.3) is 0 Å². The third kappa shape index (κ3) is 2.77. The highest BCUT2D eigenvalue weighted by Gasteiger charge is 2.21. The number of hydrogen-bond donors (Lipinski definition) is 1. The predicted molar refractivity (Wildman–Crippen MR) is 61.6 cm³/mol. The van der Waals surface area contributed by atoms with Crippen LogP contribution in [0.2, 0.25) is 0 Å². The van der Waals surface area contributed by atoms with Gasteiger partial charge in [0.05, 0.1) is 0 Å². The Hall–Kier alpha value is -0.430. The summed E-state index contributed by atoms with van der Waals surface area (Å²) in [6, 6.07) is 8.44. The minimum Gasteiger partial charge on any atom is -0.143 e. The van der Waals surface area contributed by atoms with Crippen LogP contribution in [0.5, 0.6) is 0 Å². The molecule has 1 aromatic rings. The normalized spacial score (nSPS) is 14.2. The van der Waals surface area contributed by atoms with Crippen molar-refractivity contribution >= 4 is 12.6 Å². The van der Waals surface area contributed by atoms with Crippen molar-refractivity contribution in [2.24, 2.45) is 5.41 Å². The van der Waals surface area contributed by atoms with Gasteiger partial charge in [-0.1, -0.05) is 39.8 Å². The van der Waals surface area contributed by atoms with Gasteiger partial charge in [-0.15, -0.1) is 12.6 Å². The predicted octanol–water partition coefficient (Wildman–Crippen LogP) is 4.12. The molecule has 0 nitrogen and oxygen atoms in total. The zero-order valence-electron chi connectivity index (χ0n) is 8.83. The molecule has 1 heteroatoms. The zero-order chi connectivity index (χ0) is 10.1. The molecule has 1 rings (SSSR count). The van der Waals surface area contributed by atoms with E-state index in [1.807, 2.05) is 0 Å². The van der Waals surface area contributed by atoms with Gasteiger partial charge in [0.2, 0.25) is 0 Å². The second kappa shape index (κ2) is 3.75. The van der Waals surface area contributed by atoms with E-state index in [0.717, 1.165) is 4.90 Å². The molecule has 1 aromatic carbocycles. The molecule has 1 atom stereocenters. The lowest BCUT2D eigenvalue weighted by Crippen LogP contribution is -2.14. The minimum absolute atomic E-state index is 0.331. The fraction of sp³-hybridized carbons (Fsp3) is 0.500. The summed E-state index contributed by atoms with van der Waals surface area (Å²) in [4.78, 5) is 1.03. The highest BCUT2D eigenvalue weighted by atomic mass is 32.1. The highest BCUT2D eigenvalue weighted by Crippen LogP contribution is 2.34. The van der Waals surface area contributed by atoms with E-state index in [1.54, 1.807) is 0 Å². The summed E-state index contributed by atoms with van der Waals surface area (Å²) in [5, 5.41) is 0. The lowest BCUT2D eigenvalue weighted by Gasteiger charge is -2.27. The van der Waals surface area contributed by atoms with Crippen molar-refractivity contribution in [3.63, 3.8) is 0 Å². The molecule has 0 saturated carbocycles. The molecule has 0 N–H and O–H groups in total. The van der Waals surface area contributed by atoms with Crippen LogP contribution in [0.3, 0.4) is 0 Å². The average Bonchev–Trinajstić information content (AvgIpc) is 2.03. The first-order valence-corrected chi connectivity index (χ1v) is 5.15. The summed E-state index contributed by atoms with van der Waals surface area (Å²) in [6.07, 6.45) is 0. The summed E-state index contributed by atoms with van der Waals surface area (Å²) in [7, 11) is 0. The Balaban J connectivity index is 2.90.